The van der Waals surface area contributed by atoms with Gasteiger partial charge in [0.2, 0.25) is 0 Å². The number of aliphatic carboxylic acids is 3. The molecule has 0 fully saturated rings. The Bertz CT molecular complexity index is 216. The lowest BCUT2D eigenvalue weighted by atomic mass is 10.7. The molecule has 0 aromatic carbocycles. The molecule has 0 aromatic heterocycles. The predicted octanol–water partition coefficient (Wildman–Crippen LogP) is 0.933. The highest BCUT2D eigenvalue weighted by molar-refractivity contribution is 5.79. The Morgan fingerprint density at radius 2 is 0.750 bits per heavy atom. The van der Waals surface area contributed by atoms with Crippen molar-refractivity contribution in [3.8, 4) is 0 Å². The van der Waals surface area contributed by atoms with Gasteiger partial charge in [0.15, 0.2) is 0 Å². The smallest absolute Gasteiger partial charge is 0.327 e. The SMILES string of the molecule is C=CC(=O)O.C=CC(=O)O.C=CC(=O)O.N. The van der Waals surface area contributed by atoms with E-state index in [2.05, 4.69) is 19.7 Å². The zero-order valence-corrected chi connectivity index (χ0v) is 8.63. The lowest BCUT2D eigenvalue weighted by molar-refractivity contribution is -0.132. The zero-order valence-electron chi connectivity index (χ0n) is 8.63. The van der Waals surface area contributed by atoms with Gasteiger partial charge in [0, 0.05) is 18.2 Å². The molecule has 7 heteroatoms. The van der Waals surface area contributed by atoms with E-state index in [9.17, 15) is 14.4 Å². The maximum Gasteiger partial charge on any atom is 0.327 e. The first kappa shape index (κ1) is 23.4. The normalized spacial score (nSPS) is 6.00. The Morgan fingerprint density at radius 1 is 0.688 bits per heavy atom. The Morgan fingerprint density at radius 3 is 0.750 bits per heavy atom. The predicted molar refractivity (Wildman–Crippen MR) is 58.5 cm³/mol. The molecule has 92 valence electrons. The fourth-order valence-electron chi connectivity index (χ4n) is 0. The fraction of sp³-hybridized carbons (Fsp3) is 0. The van der Waals surface area contributed by atoms with Gasteiger partial charge in [0.1, 0.15) is 0 Å². The van der Waals surface area contributed by atoms with Crippen molar-refractivity contribution in [3.05, 3.63) is 38.0 Å². The minimum absolute atomic E-state index is 0. The first-order valence-electron chi connectivity index (χ1n) is 3.37. The number of carboxylic acids is 3. The van der Waals surface area contributed by atoms with E-state index >= 15 is 0 Å². The molecule has 0 radical (unpaired) electrons. The molecule has 0 aliphatic heterocycles. The second kappa shape index (κ2) is 18.4. The molecular formula is C9H15NO6. The third-order valence-corrected chi connectivity index (χ3v) is 0.524. The Balaban J connectivity index is -0.0000000655. The first-order chi connectivity index (χ1) is 6.81. The van der Waals surface area contributed by atoms with E-state index in [1.807, 2.05) is 0 Å². The molecule has 0 amide bonds. The van der Waals surface area contributed by atoms with Crippen LogP contribution in [0.1, 0.15) is 0 Å². The summed E-state index contributed by atoms with van der Waals surface area (Å²) in [5.74, 6) is -2.94. The van der Waals surface area contributed by atoms with Crippen LogP contribution in [0, 0.1) is 0 Å². The van der Waals surface area contributed by atoms with Gasteiger partial charge in [-0.15, -0.1) is 0 Å². The van der Waals surface area contributed by atoms with E-state index in [4.69, 9.17) is 15.3 Å². The highest BCUT2D eigenvalue weighted by atomic mass is 16.4. The van der Waals surface area contributed by atoms with Crippen LogP contribution >= 0.6 is 0 Å². The highest BCUT2D eigenvalue weighted by Crippen LogP contribution is 1.55. The van der Waals surface area contributed by atoms with Crippen LogP contribution in [0.15, 0.2) is 38.0 Å². The van der Waals surface area contributed by atoms with E-state index in [-0.39, 0.29) is 6.15 Å². The Hall–Kier alpha value is -2.41. The van der Waals surface area contributed by atoms with Gasteiger partial charge in [-0.1, -0.05) is 19.7 Å². The molecule has 0 aromatic rings. The van der Waals surface area contributed by atoms with Crippen molar-refractivity contribution in [1.82, 2.24) is 6.15 Å². The van der Waals surface area contributed by atoms with Crippen LogP contribution < -0.4 is 6.15 Å². The van der Waals surface area contributed by atoms with Crippen LogP contribution in [0.2, 0.25) is 0 Å². The van der Waals surface area contributed by atoms with Gasteiger partial charge in [-0.05, 0) is 0 Å². The average molecular weight is 233 g/mol. The maximum atomic E-state index is 9.25. The third-order valence-electron chi connectivity index (χ3n) is 0.524. The van der Waals surface area contributed by atoms with E-state index in [0.29, 0.717) is 0 Å². The second-order valence-corrected chi connectivity index (χ2v) is 1.63. The molecule has 7 nitrogen and oxygen atoms in total. The lowest BCUT2D eigenvalue weighted by Crippen LogP contribution is -1.82. The monoisotopic (exact) mass is 233 g/mol. The van der Waals surface area contributed by atoms with Crippen molar-refractivity contribution in [2.75, 3.05) is 0 Å². The van der Waals surface area contributed by atoms with Crippen LogP contribution in [-0.4, -0.2) is 33.2 Å². The quantitative estimate of drug-likeness (QED) is 0.530. The topological polar surface area (TPSA) is 147 Å². The molecular weight excluding hydrogens is 218 g/mol. The molecule has 0 aliphatic carbocycles. The van der Waals surface area contributed by atoms with Gasteiger partial charge >= 0.3 is 17.9 Å². The van der Waals surface area contributed by atoms with Crippen molar-refractivity contribution in [2.45, 2.75) is 0 Å². The number of carbonyl (C=O) groups is 3. The summed E-state index contributed by atoms with van der Waals surface area (Å²) in [5, 5.41) is 22.8. The summed E-state index contributed by atoms with van der Waals surface area (Å²) in [6.45, 7) is 8.88. The summed E-state index contributed by atoms with van der Waals surface area (Å²) in [7, 11) is 0. The Kier molecular flexibility index (Phi) is 26.9. The molecule has 0 unspecified atom stereocenters. The van der Waals surface area contributed by atoms with Gasteiger partial charge in [-0.25, -0.2) is 14.4 Å². The summed E-state index contributed by atoms with van der Waals surface area (Å²) in [5.41, 5.74) is 0. The van der Waals surface area contributed by atoms with Crippen molar-refractivity contribution >= 4 is 17.9 Å². The standard InChI is InChI=1S/3C3H4O2.H3N/c3*1-2-3(4)5;/h3*2H,1H2,(H,4,5);1H3. The molecule has 16 heavy (non-hydrogen) atoms. The molecule has 0 atom stereocenters. The number of rotatable bonds is 3. The van der Waals surface area contributed by atoms with Crippen molar-refractivity contribution < 1.29 is 29.7 Å². The zero-order chi connectivity index (χ0) is 12.9. The number of hydrogen-bond donors (Lipinski definition) is 4. The first-order valence-corrected chi connectivity index (χ1v) is 3.37. The van der Waals surface area contributed by atoms with Crippen LogP contribution in [0.5, 0.6) is 0 Å². The van der Waals surface area contributed by atoms with E-state index in [0.717, 1.165) is 18.2 Å². The fourth-order valence-corrected chi connectivity index (χ4v) is 0. The van der Waals surface area contributed by atoms with Crippen LogP contribution in [0.3, 0.4) is 0 Å². The van der Waals surface area contributed by atoms with E-state index in [1.54, 1.807) is 0 Å². The molecule has 0 saturated carbocycles. The molecule has 6 N–H and O–H groups in total. The summed E-state index contributed by atoms with van der Waals surface area (Å²) in [6.07, 6.45) is 2.50. The largest absolute Gasteiger partial charge is 0.478 e. The maximum absolute atomic E-state index is 9.25. The van der Waals surface area contributed by atoms with Gasteiger partial charge in [0.25, 0.3) is 0 Å². The summed E-state index contributed by atoms with van der Waals surface area (Å²) in [6, 6.07) is 0. The molecule has 0 heterocycles. The number of carboxylic acid groups (broad SMARTS) is 3. The van der Waals surface area contributed by atoms with Crippen LogP contribution in [0.4, 0.5) is 0 Å². The summed E-state index contributed by atoms with van der Waals surface area (Å²) in [4.78, 5) is 27.8. The van der Waals surface area contributed by atoms with Gasteiger partial charge in [-0.3, -0.25) is 0 Å². The third kappa shape index (κ3) is 101. The van der Waals surface area contributed by atoms with Crippen LogP contribution in [-0.2, 0) is 14.4 Å². The van der Waals surface area contributed by atoms with Crippen molar-refractivity contribution in [3.63, 3.8) is 0 Å². The van der Waals surface area contributed by atoms with E-state index < -0.39 is 17.9 Å². The minimum atomic E-state index is -0.981. The van der Waals surface area contributed by atoms with Crippen molar-refractivity contribution in [1.29, 1.82) is 0 Å². The molecule has 0 rings (SSSR count). The minimum Gasteiger partial charge on any atom is -0.478 e. The molecule has 0 saturated heterocycles. The summed E-state index contributed by atoms with van der Waals surface area (Å²) >= 11 is 0. The molecule has 0 aliphatic rings. The summed E-state index contributed by atoms with van der Waals surface area (Å²) < 4.78 is 0. The van der Waals surface area contributed by atoms with Gasteiger partial charge in [-0.2, -0.15) is 0 Å². The van der Waals surface area contributed by atoms with Gasteiger partial charge < -0.3 is 21.5 Å². The average Bonchev–Trinajstić information content (AvgIpc) is 2.19. The lowest BCUT2D eigenvalue weighted by Gasteiger charge is -1.64. The Labute approximate surface area is 92.6 Å². The second-order valence-electron chi connectivity index (χ2n) is 1.63. The highest BCUT2D eigenvalue weighted by Gasteiger charge is 1.74. The van der Waals surface area contributed by atoms with Crippen molar-refractivity contribution in [2.24, 2.45) is 0 Å². The van der Waals surface area contributed by atoms with Crippen LogP contribution in [0.25, 0.3) is 0 Å². The number of hydrogen-bond acceptors (Lipinski definition) is 4. The van der Waals surface area contributed by atoms with E-state index in [1.165, 1.54) is 0 Å². The van der Waals surface area contributed by atoms with Gasteiger partial charge in [0.05, 0.1) is 0 Å². The molecule has 0 bridgehead atoms. The molecule has 0 spiro atoms.